The van der Waals surface area contributed by atoms with E-state index >= 15 is 0 Å². The summed E-state index contributed by atoms with van der Waals surface area (Å²) in [5, 5.41) is 0. The number of hydrogen-bond acceptors (Lipinski definition) is 7. The van der Waals surface area contributed by atoms with Gasteiger partial charge in [0.1, 0.15) is 11.4 Å². The lowest BCUT2D eigenvalue weighted by Crippen LogP contribution is -2.03. The molecule has 0 amide bonds. The molecule has 0 aromatic heterocycles. The molecule has 0 N–H and O–H groups in total. The molecule has 1 aromatic carbocycles. The maximum Gasteiger partial charge on any atom is 0.375 e. The Kier molecular flexibility index (Phi) is 11.2. The van der Waals surface area contributed by atoms with Crippen LogP contribution in [0.3, 0.4) is 0 Å². The average molecular weight is 384 g/mol. The van der Waals surface area contributed by atoms with Crippen molar-refractivity contribution in [3.63, 3.8) is 0 Å². The molecule has 0 spiro atoms. The summed E-state index contributed by atoms with van der Waals surface area (Å²) in [7, 11) is 2.12. The second-order valence-electron chi connectivity index (χ2n) is 3.86. The SMILES string of the molecule is CC.COP(=O)(OC)C1OC(=O)c2c(F)cccc21.COPOC. The fraction of sp³-hybridized carbons (Fsp3) is 0.500. The van der Waals surface area contributed by atoms with Crippen LogP contribution in [-0.4, -0.2) is 34.4 Å². The van der Waals surface area contributed by atoms with Crippen molar-refractivity contribution >= 4 is 22.6 Å². The van der Waals surface area contributed by atoms with Crippen molar-refractivity contribution in [1.29, 1.82) is 0 Å². The molecule has 1 heterocycles. The summed E-state index contributed by atoms with van der Waals surface area (Å²) in [6.07, 6.45) is 0. The van der Waals surface area contributed by atoms with E-state index in [0.29, 0.717) is 0 Å². The van der Waals surface area contributed by atoms with E-state index < -0.39 is 25.2 Å². The minimum atomic E-state index is -3.63. The highest BCUT2D eigenvalue weighted by Crippen LogP contribution is 2.63. The molecule has 0 radical (unpaired) electrons. The molecular weight excluding hydrogens is 361 g/mol. The van der Waals surface area contributed by atoms with Gasteiger partial charge in [-0.05, 0) is 6.07 Å². The number of carbonyl (C=O) groups is 1. The Morgan fingerprint density at radius 1 is 1.12 bits per heavy atom. The lowest BCUT2D eigenvalue weighted by atomic mass is 10.1. The lowest BCUT2D eigenvalue weighted by molar-refractivity contribution is 0.0453. The number of halogens is 1. The van der Waals surface area contributed by atoms with Gasteiger partial charge in [-0.2, -0.15) is 0 Å². The molecule has 0 aliphatic carbocycles. The minimum Gasteiger partial charge on any atom is -0.441 e. The Bertz CT molecular complexity index is 558. The van der Waals surface area contributed by atoms with E-state index in [0.717, 1.165) is 6.07 Å². The molecule has 0 saturated heterocycles. The first-order valence-electron chi connectivity index (χ1n) is 6.96. The van der Waals surface area contributed by atoms with Gasteiger partial charge in [-0.1, -0.05) is 26.0 Å². The fourth-order valence-electron chi connectivity index (χ4n) is 1.77. The first-order valence-corrected chi connectivity index (χ1v) is 9.39. The second-order valence-corrected chi connectivity index (χ2v) is 7.12. The average Bonchev–Trinajstić information content (AvgIpc) is 2.96. The van der Waals surface area contributed by atoms with Crippen molar-refractivity contribution in [2.45, 2.75) is 19.7 Å². The van der Waals surface area contributed by atoms with Crippen LogP contribution in [0, 0.1) is 5.82 Å². The number of esters is 1. The zero-order valence-corrected chi connectivity index (χ0v) is 16.4. The predicted octanol–water partition coefficient (Wildman–Crippen LogP) is 4.29. The van der Waals surface area contributed by atoms with Crippen LogP contribution < -0.4 is 0 Å². The van der Waals surface area contributed by atoms with Gasteiger partial charge in [0.2, 0.25) is 5.85 Å². The normalized spacial score (nSPS) is 15.5. The summed E-state index contributed by atoms with van der Waals surface area (Å²) < 4.78 is 48.9. The molecule has 0 bridgehead atoms. The van der Waals surface area contributed by atoms with Crippen LogP contribution in [0.5, 0.6) is 0 Å². The van der Waals surface area contributed by atoms with Gasteiger partial charge in [0.15, 0.2) is 9.03 Å². The highest BCUT2D eigenvalue weighted by Gasteiger charge is 2.46. The number of ether oxygens (including phenoxy) is 1. The maximum absolute atomic E-state index is 13.4. The number of fused-ring (bicyclic) bond motifs is 1. The second kappa shape index (κ2) is 11.6. The molecule has 0 fully saturated rings. The third-order valence-electron chi connectivity index (χ3n) is 2.70. The highest BCUT2D eigenvalue weighted by molar-refractivity contribution is 7.54. The molecule has 1 aliphatic rings. The summed E-state index contributed by atoms with van der Waals surface area (Å²) in [4.78, 5) is 11.5. The number of cyclic esters (lactones) is 1. The van der Waals surface area contributed by atoms with Gasteiger partial charge in [0, 0.05) is 34.0 Å². The summed E-state index contributed by atoms with van der Waals surface area (Å²) in [5.41, 5.74) is -0.0335. The fourth-order valence-corrected chi connectivity index (χ4v) is 3.25. The van der Waals surface area contributed by atoms with Crippen molar-refractivity contribution in [1.82, 2.24) is 0 Å². The van der Waals surface area contributed by atoms with Crippen molar-refractivity contribution in [3.05, 3.63) is 35.1 Å². The van der Waals surface area contributed by atoms with Crippen LogP contribution in [0.4, 0.5) is 4.39 Å². The summed E-state index contributed by atoms with van der Waals surface area (Å²) in [6, 6.07) is 3.99. The first-order chi connectivity index (χ1) is 11.4. The number of hydrogen-bond donors (Lipinski definition) is 0. The van der Waals surface area contributed by atoms with Crippen LogP contribution in [-0.2, 0) is 27.4 Å². The van der Waals surface area contributed by atoms with Crippen molar-refractivity contribution < 1.29 is 36.6 Å². The van der Waals surface area contributed by atoms with E-state index in [9.17, 15) is 13.8 Å². The minimum absolute atomic E-state index is 0.182. The Balaban J connectivity index is 0.000000650. The van der Waals surface area contributed by atoms with E-state index in [2.05, 4.69) is 9.05 Å². The Labute approximate surface area is 143 Å². The molecule has 24 heavy (non-hydrogen) atoms. The van der Waals surface area contributed by atoms with Crippen molar-refractivity contribution in [2.24, 2.45) is 0 Å². The van der Waals surface area contributed by atoms with Crippen LogP contribution in [0.2, 0.25) is 0 Å². The molecule has 1 unspecified atom stereocenters. The van der Waals surface area contributed by atoms with Crippen LogP contribution >= 0.6 is 16.6 Å². The number of rotatable bonds is 5. The predicted molar refractivity (Wildman–Crippen MR) is 89.9 cm³/mol. The van der Waals surface area contributed by atoms with Crippen LogP contribution in [0.15, 0.2) is 18.2 Å². The molecular formula is C14H23FO7P2. The van der Waals surface area contributed by atoms with E-state index in [-0.39, 0.29) is 20.2 Å². The summed E-state index contributed by atoms with van der Waals surface area (Å²) in [5.74, 6) is -2.79. The molecule has 1 aromatic rings. The first kappa shape index (κ1) is 23.1. The number of benzene rings is 1. The molecule has 138 valence electrons. The number of carbonyl (C=O) groups excluding carboxylic acids is 1. The molecule has 0 saturated carbocycles. The molecule has 10 heteroatoms. The highest BCUT2D eigenvalue weighted by atomic mass is 31.2. The maximum atomic E-state index is 13.4. The van der Waals surface area contributed by atoms with Gasteiger partial charge >= 0.3 is 13.6 Å². The molecule has 2 rings (SSSR count). The zero-order valence-electron chi connectivity index (χ0n) is 14.5. The zero-order chi connectivity index (χ0) is 18.8. The van der Waals surface area contributed by atoms with E-state index in [1.54, 1.807) is 14.2 Å². The lowest BCUT2D eigenvalue weighted by Gasteiger charge is -2.19. The largest absolute Gasteiger partial charge is 0.441 e. The Morgan fingerprint density at radius 3 is 2.08 bits per heavy atom. The third kappa shape index (κ3) is 5.59. The Hall–Kier alpha value is -0.880. The molecule has 1 aliphatic heterocycles. The standard InChI is InChI=1S/C10H10FO5P.C2H7O2P.C2H6/c1-14-17(13,15-2)10-6-4-3-5-7(11)8(6)9(12)16-10;1-3-5-4-2;1-2/h3-5,10H,1-2H3;5H,1-2H3;1-2H3. The van der Waals surface area contributed by atoms with Gasteiger partial charge in [0.05, 0.1) is 0 Å². The van der Waals surface area contributed by atoms with E-state index in [1.807, 2.05) is 13.8 Å². The summed E-state index contributed by atoms with van der Waals surface area (Å²) >= 11 is 0. The van der Waals surface area contributed by atoms with Gasteiger partial charge in [-0.25, -0.2) is 9.18 Å². The third-order valence-corrected chi connectivity index (χ3v) is 5.01. The van der Waals surface area contributed by atoms with Crippen LogP contribution in [0.25, 0.3) is 0 Å². The van der Waals surface area contributed by atoms with Crippen molar-refractivity contribution in [3.8, 4) is 0 Å². The Morgan fingerprint density at radius 2 is 1.67 bits per heavy atom. The molecule has 1 atom stereocenters. The monoisotopic (exact) mass is 384 g/mol. The van der Waals surface area contributed by atoms with E-state index in [1.165, 1.54) is 26.4 Å². The van der Waals surface area contributed by atoms with Crippen LogP contribution in [0.1, 0.15) is 35.6 Å². The van der Waals surface area contributed by atoms with Crippen molar-refractivity contribution in [2.75, 3.05) is 28.4 Å². The summed E-state index contributed by atoms with van der Waals surface area (Å²) in [6.45, 7) is 4.00. The van der Waals surface area contributed by atoms with Gasteiger partial charge in [-0.3, -0.25) is 4.57 Å². The van der Waals surface area contributed by atoms with Gasteiger partial charge < -0.3 is 22.8 Å². The quantitative estimate of drug-likeness (QED) is 0.553. The van der Waals surface area contributed by atoms with E-state index in [4.69, 9.17) is 13.8 Å². The van der Waals surface area contributed by atoms with Gasteiger partial charge in [0.25, 0.3) is 0 Å². The smallest absolute Gasteiger partial charge is 0.375 e. The topological polar surface area (TPSA) is 80.3 Å². The van der Waals surface area contributed by atoms with Gasteiger partial charge in [-0.15, -0.1) is 0 Å². The molecule has 7 nitrogen and oxygen atoms in total.